The first-order chi connectivity index (χ1) is 10.4. The zero-order valence-electron chi connectivity index (χ0n) is 12.0. The molecule has 2 rings (SSSR count). The van der Waals surface area contributed by atoms with Gasteiger partial charge in [-0.05, 0) is 24.1 Å². The maximum atomic E-state index is 13.7. The molecule has 0 radical (unpaired) electrons. The number of ether oxygens (including phenoxy) is 2. The fourth-order valence-corrected chi connectivity index (χ4v) is 2.18. The summed E-state index contributed by atoms with van der Waals surface area (Å²) in [5.74, 6) is -2.32. The Morgan fingerprint density at radius 2 is 1.95 bits per heavy atom. The molecule has 2 nitrogen and oxygen atoms in total. The summed E-state index contributed by atoms with van der Waals surface area (Å²) in [6, 6.07) is 6.07. The molecule has 0 saturated heterocycles. The molecular formula is C16H16F4O2. The lowest BCUT2D eigenvalue weighted by molar-refractivity contribution is -0.403. The second-order valence-electron chi connectivity index (χ2n) is 4.88. The van der Waals surface area contributed by atoms with Gasteiger partial charge in [-0.25, -0.2) is 4.39 Å². The summed E-state index contributed by atoms with van der Waals surface area (Å²) in [5, 5.41) is 0. The minimum absolute atomic E-state index is 0.128. The molecule has 1 aliphatic rings. The van der Waals surface area contributed by atoms with Gasteiger partial charge in [0.1, 0.15) is 5.82 Å². The number of hydrogen-bond acceptors (Lipinski definition) is 2. The normalized spacial score (nSPS) is 21.8. The number of benzene rings is 1. The lowest BCUT2D eigenvalue weighted by Gasteiger charge is -2.32. The molecule has 22 heavy (non-hydrogen) atoms. The SMILES string of the molecule is CCCOC1(OC(F)(F)F)C=CC(c2ccccc2F)=CC1. The molecule has 1 aromatic rings. The van der Waals surface area contributed by atoms with Crippen molar-refractivity contribution >= 4 is 5.57 Å². The van der Waals surface area contributed by atoms with E-state index >= 15 is 0 Å². The van der Waals surface area contributed by atoms with Crippen molar-refractivity contribution in [2.24, 2.45) is 0 Å². The zero-order chi connectivity index (χ0) is 16.2. The maximum Gasteiger partial charge on any atom is 0.525 e. The lowest BCUT2D eigenvalue weighted by atomic mass is 9.96. The second kappa shape index (κ2) is 6.62. The maximum absolute atomic E-state index is 13.7. The van der Waals surface area contributed by atoms with Crippen LogP contribution in [0, 0.1) is 5.82 Å². The number of hydrogen-bond donors (Lipinski definition) is 0. The quantitative estimate of drug-likeness (QED) is 0.572. The summed E-state index contributed by atoms with van der Waals surface area (Å²) >= 11 is 0. The first-order valence-corrected chi connectivity index (χ1v) is 6.90. The highest BCUT2D eigenvalue weighted by Crippen LogP contribution is 2.36. The Hall–Kier alpha value is -1.66. The zero-order valence-corrected chi connectivity index (χ0v) is 12.0. The van der Waals surface area contributed by atoms with E-state index in [2.05, 4.69) is 4.74 Å². The average Bonchev–Trinajstić information content (AvgIpc) is 2.45. The molecule has 1 atom stereocenters. The number of allylic oxidation sites excluding steroid dienone is 2. The van der Waals surface area contributed by atoms with Crippen molar-refractivity contribution in [2.75, 3.05) is 6.61 Å². The van der Waals surface area contributed by atoms with Crippen molar-refractivity contribution in [1.29, 1.82) is 0 Å². The van der Waals surface area contributed by atoms with Crippen LogP contribution in [0.25, 0.3) is 5.57 Å². The highest BCUT2D eigenvalue weighted by molar-refractivity contribution is 5.75. The van der Waals surface area contributed by atoms with Crippen molar-refractivity contribution in [1.82, 2.24) is 0 Å². The van der Waals surface area contributed by atoms with Gasteiger partial charge in [-0.2, -0.15) is 0 Å². The van der Waals surface area contributed by atoms with E-state index in [9.17, 15) is 17.6 Å². The van der Waals surface area contributed by atoms with E-state index in [1.165, 1.54) is 24.3 Å². The lowest BCUT2D eigenvalue weighted by Crippen LogP contribution is -2.40. The van der Waals surface area contributed by atoms with Crippen molar-refractivity contribution in [2.45, 2.75) is 31.9 Å². The molecule has 0 amide bonds. The van der Waals surface area contributed by atoms with Gasteiger partial charge in [-0.3, -0.25) is 4.74 Å². The van der Waals surface area contributed by atoms with Gasteiger partial charge in [-0.15, -0.1) is 13.2 Å². The van der Waals surface area contributed by atoms with Gasteiger partial charge >= 0.3 is 6.36 Å². The van der Waals surface area contributed by atoms with Crippen LogP contribution in [0.2, 0.25) is 0 Å². The monoisotopic (exact) mass is 316 g/mol. The Bertz CT molecular complexity index is 578. The van der Waals surface area contributed by atoms with Crippen LogP contribution in [0.15, 0.2) is 42.5 Å². The largest absolute Gasteiger partial charge is 0.525 e. The highest BCUT2D eigenvalue weighted by Gasteiger charge is 2.43. The predicted molar refractivity (Wildman–Crippen MR) is 74.2 cm³/mol. The van der Waals surface area contributed by atoms with Crippen molar-refractivity contribution in [3.8, 4) is 0 Å². The van der Waals surface area contributed by atoms with Gasteiger partial charge in [0.2, 0.25) is 5.79 Å². The standard InChI is InChI=1S/C16H16F4O2/c1-2-11-21-15(22-16(18,19)20)9-7-12(8-10-15)13-5-3-4-6-14(13)17/h3-9H,2,10-11H2,1H3. The summed E-state index contributed by atoms with van der Waals surface area (Å²) in [4.78, 5) is 0. The van der Waals surface area contributed by atoms with Gasteiger partial charge in [0.05, 0.1) is 6.61 Å². The summed E-state index contributed by atoms with van der Waals surface area (Å²) in [5.41, 5.74) is 0.828. The predicted octanol–water partition coefficient (Wildman–Crippen LogP) is 4.83. The van der Waals surface area contributed by atoms with Crippen LogP contribution in [0.4, 0.5) is 17.6 Å². The summed E-state index contributed by atoms with van der Waals surface area (Å²) in [7, 11) is 0. The number of alkyl halides is 3. The van der Waals surface area contributed by atoms with E-state index in [4.69, 9.17) is 4.74 Å². The molecule has 0 aromatic heterocycles. The van der Waals surface area contributed by atoms with Crippen LogP contribution in [0.3, 0.4) is 0 Å². The second-order valence-corrected chi connectivity index (χ2v) is 4.88. The molecule has 0 saturated carbocycles. The number of halogens is 4. The molecule has 1 aliphatic carbocycles. The van der Waals surface area contributed by atoms with E-state index in [0.29, 0.717) is 17.6 Å². The molecule has 120 valence electrons. The Kier molecular flexibility index (Phi) is 5.03. The van der Waals surface area contributed by atoms with Crippen molar-refractivity contribution < 1.29 is 27.0 Å². The molecule has 0 fully saturated rings. The molecule has 0 N–H and O–H groups in total. The van der Waals surface area contributed by atoms with E-state index < -0.39 is 18.0 Å². The van der Waals surface area contributed by atoms with Gasteiger partial charge < -0.3 is 4.74 Å². The Morgan fingerprint density at radius 3 is 2.50 bits per heavy atom. The molecule has 1 aromatic carbocycles. The molecule has 1 unspecified atom stereocenters. The first kappa shape index (κ1) is 16.7. The Balaban J connectivity index is 2.21. The topological polar surface area (TPSA) is 18.5 Å². The summed E-state index contributed by atoms with van der Waals surface area (Å²) in [6.07, 6.45) is -0.337. The van der Waals surface area contributed by atoms with Crippen LogP contribution < -0.4 is 0 Å². The van der Waals surface area contributed by atoms with Crippen LogP contribution >= 0.6 is 0 Å². The third-order valence-electron chi connectivity index (χ3n) is 3.15. The van der Waals surface area contributed by atoms with E-state index in [0.717, 1.165) is 0 Å². The van der Waals surface area contributed by atoms with Crippen LogP contribution in [-0.2, 0) is 9.47 Å². The third-order valence-corrected chi connectivity index (χ3v) is 3.15. The van der Waals surface area contributed by atoms with Gasteiger partial charge in [-0.1, -0.05) is 37.3 Å². The fourth-order valence-electron chi connectivity index (χ4n) is 2.18. The van der Waals surface area contributed by atoms with Crippen LogP contribution in [0.5, 0.6) is 0 Å². The molecule has 6 heteroatoms. The molecule has 0 aliphatic heterocycles. The molecule has 0 heterocycles. The third kappa shape index (κ3) is 4.18. The highest BCUT2D eigenvalue weighted by atomic mass is 19.4. The van der Waals surface area contributed by atoms with Gasteiger partial charge in [0.25, 0.3) is 0 Å². The minimum atomic E-state index is -4.82. The number of rotatable bonds is 5. The summed E-state index contributed by atoms with van der Waals surface area (Å²) in [6.45, 7) is 1.91. The average molecular weight is 316 g/mol. The van der Waals surface area contributed by atoms with Crippen molar-refractivity contribution in [3.63, 3.8) is 0 Å². The van der Waals surface area contributed by atoms with Crippen LogP contribution in [-0.4, -0.2) is 18.8 Å². The van der Waals surface area contributed by atoms with E-state index in [1.54, 1.807) is 25.1 Å². The summed E-state index contributed by atoms with van der Waals surface area (Å²) < 4.78 is 60.8. The Morgan fingerprint density at radius 1 is 1.23 bits per heavy atom. The minimum Gasteiger partial charge on any atom is -0.346 e. The molecular weight excluding hydrogens is 300 g/mol. The Labute approximate surface area is 126 Å². The smallest absolute Gasteiger partial charge is 0.346 e. The van der Waals surface area contributed by atoms with Crippen molar-refractivity contribution in [3.05, 3.63) is 53.9 Å². The fraction of sp³-hybridized carbons (Fsp3) is 0.375. The van der Waals surface area contributed by atoms with Gasteiger partial charge in [0, 0.05) is 12.0 Å². The van der Waals surface area contributed by atoms with E-state index in [-0.39, 0.29) is 13.0 Å². The van der Waals surface area contributed by atoms with E-state index in [1.807, 2.05) is 0 Å². The molecule has 0 spiro atoms. The van der Waals surface area contributed by atoms with Crippen LogP contribution in [0.1, 0.15) is 25.3 Å². The van der Waals surface area contributed by atoms with Gasteiger partial charge in [0.15, 0.2) is 0 Å². The molecule has 0 bridgehead atoms. The first-order valence-electron chi connectivity index (χ1n) is 6.90.